The lowest BCUT2D eigenvalue weighted by Crippen LogP contribution is -1.96. The minimum atomic E-state index is 0.931. The van der Waals surface area contributed by atoms with Gasteiger partial charge in [0.2, 0.25) is 0 Å². The molecule has 0 aliphatic carbocycles. The summed E-state index contributed by atoms with van der Waals surface area (Å²) in [4.78, 5) is 10.5. The van der Waals surface area contributed by atoms with Crippen molar-refractivity contribution in [1.29, 1.82) is 0 Å². The lowest BCUT2D eigenvalue weighted by atomic mass is 9.92. The van der Waals surface area contributed by atoms with E-state index in [1.807, 2.05) is 6.07 Å². The molecule has 0 amide bonds. The summed E-state index contributed by atoms with van der Waals surface area (Å²) in [6, 6.07) is 84.6. The van der Waals surface area contributed by atoms with Crippen molar-refractivity contribution in [3.63, 3.8) is 0 Å². The number of para-hydroxylation sites is 2. The molecule has 0 saturated heterocycles. The van der Waals surface area contributed by atoms with Crippen LogP contribution in [0.1, 0.15) is 0 Å². The van der Waals surface area contributed by atoms with Gasteiger partial charge in [-0.15, -0.1) is 0 Å². The van der Waals surface area contributed by atoms with Crippen molar-refractivity contribution in [3.05, 3.63) is 237 Å². The molecular weight excluding hydrogens is 763 g/mol. The molecule has 9 aromatic carbocycles. The van der Waals surface area contributed by atoms with Crippen LogP contribution in [0.5, 0.6) is 0 Å². The molecule has 0 atom stereocenters. The minimum absolute atomic E-state index is 0.931. The van der Waals surface area contributed by atoms with E-state index < -0.39 is 0 Å². The summed E-state index contributed by atoms with van der Waals surface area (Å²) in [5, 5.41) is 6.04. The molecule has 0 fully saturated rings. The number of fused-ring (bicyclic) bond motifs is 6. The van der Waals surface area contributed by atoms with Crippen molar-refractivity contribution in [3.8, 4) is 72.8 Å². The quantitative estimate of drug-likeness (QED) is 0.150. The van der Waals surface area contributed by atoms with Gasteiger partial charge in [0.05, 0.1) is 33.6 Å². The topological polar surface area (TPSA) is 30.7 Å². The van der Waals surface area contributed by atoms with E-state index in [9.17, 15) is 0 Å². The predicted molar refractivity (Wildman–Crippen MR) is 264 cm³/mol. The number of nitrogens with zero attached hydrogens (tertiary/aromatic N) is 3. The zero-order valence-corrected chi connectivity index (χ0v) is 34.4. The summed E-state index contributed by atoms with van der Waals surface area (Å²) in [6.45, 7) is 0. The number of hydrogen-bond acceptors (Lipinski definition) is 2. The summed E-state index contributed by atoms with van der Waals surface area (Å²) in [7, 11) is 0. The first-order chi connectivity index (χ1) is 31.2. The van der Waals surface area contributed by atoms with Crippen molar-refractivity contribution < 1.29 is 0 Å². The Bertz CT molecular complexity index is 3590. The molecule has 12 aromatic rings. The molecule has 0 saturated carbocycles. The predicted octanol–water partition coefficient (Wildman–Crippen LogP) is 15.9. The van der Waals surface area contributed by atoms with Crippen molar-refractivity contribution >= 4 is 43.5 Å². The first kappa shape index (κ1) is 36.5. The normalized spacial score (nSPS) is 11.5. The Morgan fingerprint density at radius 3 is 1.46 bits per heavy atom. The summed E-state index contributed by atoms with van der Waals surface area (Å²) in [5.74, 6) is 0. The molecule has 0 N–H and O–H groups in total. The molecule has 0 unspecified atom stereocenters. The number of hydrogen-bond donors (Lipinski definition) is 0. The molecule has 0 bridgehead atoms. The second-order valence-electron chi connectivity index (χ2n) is 16.2. The summed E-state index contributed by atoms with van der Waals surface area (Å²) in [6.07, 6.45) is 0. The average molecular weight is 802 g/mol. The van der Waals surface area contributed by atoms with E-state index in [1.54, 1.807) is 0 Å². The average Bonchev–Trinajstić information content (AvgIpc) is 3.71. The third-order valence-electron chi connectivity index (χ3n) is 12.4. The maximum Gasteiger partial charge on any atom is 0.0722 e. The minimum Gasteiger partial charge on any atom is -0.309 e. The zero-order chi connectivity index (χ0) is 41.7. The highest BCUT2D eigenvalue weighted by atomic mass is 15.0. The smallest absolute Gasteiger partial charge is 0.0722 e. The number of pyridine rings is 2. The van der Waals surface area contributed by atoms with E-state index in [1.165, 1.54) is 54.7 Å². The van der Waals surface area contributed by atoms with Crippen LogP contribution in [0.4, 0.5) is 0 Å². The first-order valence-electron chi connectivity index (χ1n) is 21.5. The zero-order valence-electron chi connectivity index (χ0n) is 34.4. The lowest BCUT2D eigenvalue weighted by molar-refractivity contribution is 1.18. The standard InChI is InChI=1S/C60H39N3/c1-4-15-42(16-5-1)53-39-57(44-19-8-3-9-20-44)61-54-34-32-46-35-45(31-33-50(46)60(53)54)40-27-29-41(30-28-40)48-37-55(43-17-6-2-7-18-43)62-56(38-48)47-21-14-22-49(36-47)63-58-25-12-10-23-51(58)52-24-11-13-26-59(52)63/h1-39H. The molecular formula is C60H39N3. The van der Waals surface area contributed by atoms with Gasteiger partial charge in [0, 0.05) is 38.5 Å². The highest BCUT2D eigenvalue weighted by Gasteiger charge is 2.16. The van der Waals surface area contributed by atoms with E-state index in [-0.39, 0.29) is 0 Å². The van der Waals surface area contributed by atoms with Crippen LogP contribution in [-0.2, 0) is 0 Å². The van der Waals surface area contributed by atoms with Crippen LogP contribution in [0.25, 0.3) is 116 Å². The molecule has 3 aromatic heterocycles. The van der Waals surface area contributed by atoms with Gasteiger partial charge in [0.25, 0.3) is 0 Å². The van der Waals surface area contributed by atoms with Gasteiger partial charge in [0.1, 0.15) is 0 Å². The van der Waals surface area contributed by atoms with Crippen LogP contribution >= 0.6 is 0 Å². The van der Waals surface area contributed by atoms with E-state index in [2.05, 4.69) is 235 Å². The van der Waals surface area contributed by atoms with Gasteiger partial charge in [0.15, 0.2) is 0 Å². The molecule has 3 heteroatoms. The van der Waals surface area contributed by atoms with Crippen LogP contribution in [0, 0.1) is 0 Å². The Morgan fingerprint density at radius 2 is 0.810 bits per heavy atom. The van der Waals surface area contributed by atoms with Crippen molar-refractivity contribution in [2.24, 2.45) is 0 Å². The molecule has 12 rings (SSSR count). The fourth-order valence-electron chi connectivity index (χ4n) is 9.31. The summed E-state index contributed by atoms with van der Waals surface area (Å²) in [5.41, 5.74) is 17.5. The Balaban J connectivity index is 0.930. The molecule has 294 valence electrons. The molecule has 63 heavy (non-hydrogen) atoms. The van der Waals surface area contributed by atoms with E-state index in [0.29, 0.717) is 0 Å². The van der Waals surface area contributed by atoms with Crippen molar-refractivity contribution in [2.45, 2.75) is 0 Å². The SMILES string of the molecule is c1ccc(-c2cc(-c3ccc(-c4ccc5c(ccc6nc(-c7ccccc7)cc(-c7ccccc7)c65)c4)cc3)cc(-c3cccc(-n4c5ccccc5c5ccccc54)c3)n2)cc1. The third-order valence-corrected chi connectivity index (χ3v) is 12.4. The van der Waals surface area contributed by atoms with Crippen LogP contribution in [0.3, 0.4) is 0 Å². The van der Waals surface area contributed by atoms with Gasteiger partial charge < -0.3 is 4.57 Å². The van der Waals surface area contributed by atoms with E-state index in [4.69, 9.17) is 9.97 Å². The molecule has 3 heterocycles. The highest BCUT2D eigenvalue weighted by molar-refractivity contribution is 6.14. The Morgan fingerprint density at radius 1 is 0.286 bits per heavy atom. The van der Waals surface area contributed by atoms with Crippen molar-refractivity contribution in [1.82, 2.24) is 14.5 Å². The maximum absolute atomic E-state index is 5.29. The van der Waals surface area contributed by atoms with Gasteiger partial charge in [-0.3, -0.25) is 0 Å². The van der Waals surface area contributed by atoms with E-state index in [0.717, 1.165) is 61.7 Å². The molecule has 0 radical (unpaired) electrons. The number of benzene rings is 9. The molecule has 3 nitrogen and oxygen atoms in total. The van der Waals surface area contributed by atoms with Crippen LogP contribution in [0.15, 0.2) is 237 Å². The first-order valence-corrected chi connectivity index (χ1v) is 21.5. The Hall–Kier alpha value is -8.40. The van der Waals surface area contributed by atoms with Gasteiger partial charge >= 0.3 is 0 Å². The second-order valence-corrected chi connectivity index (χ2v) is 16.2. The Kier molecular flexibility index (Phi) is 8.83. The summed E-state index contributed by atoms with van der Waals surface area (Å²) >= 11 is 0. The van der Waals surface area contributed by atoms with Crippen LogP contribution < -0.4 is 0 Å². The number of aromatic nitrogens is 3. The molecule has 0 aliphatic rings. The maximum atomic E-state index is 5.29. The van der Waals surface area contributed by atoms with E-state index >= 15 is 0 Å². The summed E-state index contributed by atoms with van der Waals surface area (Å²) < 4.78 is 2.37. The van der Waals surface area contributed by atoms with Gasteiger partial charge in [-0.05, 0) is 98.8 Å². The number of rotatable bonds is 7. The van der Waals surface area contributed by atoms with Gasteiger partial charge in [-0.1, -0.05) is 182 Å². The molecule has 0 aliphatic heterocycles. The van der Waals surface area contributed by atoms with Gasteiger partial charge in [-0.25, -0.2) is 9.97 Å². The van der Waals surface area contributed by atoms with Crippen LogP contribution in [0.2, 0.25) is 0 Å². The molecule has 0 spiro atoms. The monoisotopic (exact) mass is 801 g/mol. The lowest BCUT2D eigenvalue weighted by Gasteiger charge is -2.14. The van der Waals surface area contributed by atoms with Gasteiger partial charge in [-0.2, -0.15) is 0 Å². The Labute approximate surface area is 365 Å². The second kappa shape index (κ2) is 15.3. The fraction of sp³-hybridized carbons (Fsp3) is 0. The third kappa shape index (κ3) is 6.55. The van der Waals surface area contributed by atoms with Crippen molar-refractivity contribution in [2.75, 3.05) is 0 Å². The van der Waals surface area contributed by atoms with Crippen LogP contribution in [-0.4, -0.2) is 14.5 Å². The highest BCUT2D eigenvalue weighted by Crippen LogP contribution is 2.39. The fourth-order valence-corrected chi connectivity index (χ4v) is 9.31. The largest absolute Gasteiger partial charge is 0.309 e.